The lowest BCUT2D eigenvalue weighted by Gasteiger charge is -2.24. The summed E-state index contributed by atoms with van der Waals surface area (Å²) < 4.78 is 117. The van der Waals surface area contributed by atoms with E-state index in [4.69, 9.17) is 0 Å². The first-order chi connectivity index (χ1) is 25.9. The third-order valence-electron chi connectivity index (χ3n) is 7.80. The molecule has 2 N–H and O–H groups in total. The van der Waals surface area contributed by atoms with Gasteiger partial charge in [-0.25, -0.2) is 4.84 Å². The molecule has 0 saturated heterocycles. The number of amides is 1. The van der Waals surface area contributed by atoms with Crippen LogP contribution in [0.2, 0.25) is 0 Å². The van der Waals surface area contributed by atoms with Crippen molar-refractivity contribution in [1.29, 1.82) is 0 Å². The van der Waals surface area contributed by atoms with Crippen LogP contribution in [-0.2, 0) is 29.3 Å². The van der Waals surface area contributed by atoms with E-state index in [2.05, 4.69) is 19.6 Å². The first-order valence-corrected chi connectivity index (χ1v) is 16.6. The minimum absolute atomic E-state index is 0.0281. The Morgan fingerprint density at radius 1 is 0.618 bits per heavy atom. The SMILES string of the molecule is C[C@@H](NCCC(=O)N(Cc1ccc(OC(F)(F)F)cc1)Cc1ccc(OC(F)(F)F)cc1)c1cccc2ccccc12.FC(F)(F)ONCc1ccccc1. The van der Waals surface area contributed by atoms with Gasteiger partial charge in [-0.15, -0.1) is 39.5 Å². The van der Waals surface area contributed by atoms with E-state index < -0.39 is 30.6 Å². The van der Waals surface area contributed by atoms with Crippen molar-refractivity contribution in [1.82, 2.24) is 15.7 Å². The average Bonchev–Trinajstić information content (AvgIpc) is 3.11. The largest absolute Gasteiger partial charge is 0.573 e. The number of hydroxylamine groups is 1. The topological polar surface area (TPSA) is 72.1 Å². The van der Waals surface area contributed by atoms with Crippen molar-refractivity contribution in [2.45, 2.75) is 58.1 Å². The van der Waals surface area contributed by atoms with Crippen LogP contribution in [0.1, 0.15) is 41.6 Å². The fourth-order valence-electron chi connectivity index (χ4n) is 5.35. The Bertz CT molecular complexity index is 1850. The number of halogens is 9. The van der Waals surface area contributed by atoms with Crippen molar-refractivity contribution >= 4 is 16.7 Å². The molecule has 55 heavy (non-hydrogen) atoms. The highest BCUT2D eigenvalue weighted by molar-refractivity contribution is 5.86. The number of nitrogens with one attached hydrogen (secondary N) is 2. The quantitative estimate of drug-likeness (QED) is 0.0864. The Hall–Kier alpha value is -5.32. The maximum atomic E-state index is 13.3. The van der Waals surface area contributed by atoms with Crippen LogP contribution in [0.15, 0.2) is 121 Å². The zero-order chi connectivity index (χ0) is 40.1. The minimum Gasteiger partial charge on any atom is -0.406 e. The van der Waals surface area contributed by atoms with Crippen molar-refractivity contribution in [3.8, 4) is 11.5 Å². The van der Waals surface area contributed by atoms with E-state index in [9.17, 15) is 44.3 Å². The van der Waals surface area contributed by atoms with Crippen LogP contribution >= 0.6 is 0 Å². The third kappa shape index (κ3) is 15.5. The number of rotatable bonds is 14. The normalized spacial score (nSPS) is 12.4. The molecule has 294 valence electrons. The summed E-state index contributed by atoms with van der Waals surface area (Å²) in [6, 6.07) is 32.9. The number of hydrogen-bond acceptors (Lipinski definition) is 6. The van der Waals surface area contributed by atoms with Crippen LogP contribution in [0.25, 0.3) is 10.8 Å². The predicted octanol–water partition coefficient (Wildman–Crippen LogP) is 10.1. The molecule has 0 aliphatic heterocycles. The van der Waals surface area contributed by atoms with Crippen molar-refractivity contribution in [3.05, 3.63) is 144 Å². The highest BCUT2D eigenvalue weighted by Gasteiger charge is 2.32. The highest BCUT2D eigenvalue weighted by Crippen LogP contribution is 2.26. The smallest absolute Gasteiger partial charge is 0.406 e. The lowest BCUT2D eigenvalue weighted by Crippen LogP contribution is -2.33. The van der Waals surface area contributed by atoms with Gasteiger partial charge >= 0.3 is 19.1 Å². The third-order valence-corrected chi connectivity index (χ3v) is 7.80. The molecule has 0 fully saturated rings. The van der Waals surface area contributed by atoms with Crippen LogP contribution < -0.4 is 20.3 Å². The zero-order valence-corrected chi connectivity index (χ0v) is 29.1. The van der Waals surface area contributed by atoms with Crippen LogP contribution in [0.5, 0.6) is 11.5 Å². The fourth-order valence-corrected chi connectivity index (χ4v) is 5.35. The molecule has 0 saturated carbocycles. The molecule has 7 nitrogen and oxygen atoms in total. The summed E-state index contributed by atoms with van der Waals surface area (Å²) in [4.78, 5) is 18.2. The van der Waals surface area contributed by atoms with E-state index in [-0.39, 0.29) is 38.0 Å². The molecule has 0 bridgehead atoms. The second-order valence-electron chi connectivity index (χ2n) is 12.0. The molecule has 0 unspecified atom stereocenters. The van der Waals surface area contributed by atoms with Crippen molar-refractivity contribution < 1.29 is 58.6 Å². The lowest BCUT2D eigenvalue weighted by molar-refractivity contribution is -0.351. The van der Waals surface area contributed by atoms with Crippen LogP contribution in [-0.4, -0.2) is 36.4 Å². The summed E-state index contributed by atoms with van der Waals surface area (Å²) in [7, 11) is 0. The Balaban J connectivity index is 0.000000437. The van der Waals surface area contributed by atoms with Gasteiger partial charge in [0.2, 0.25) is 5.91 Å². The molecule has 5 aromatic rings. The summed E-state index contributed by atoms with van der Waals surface area (Å²) in [6.45, 7) is 2.49. The summed E-state index contributed by atoms with van der Waals surface area (Å²) in [5.41, 5.74) is 4.72. The average molecular weight is 782 g/mol. The number of alkyl halides is 9. The molecular weight excluding hydrogens is 745 g/mol. The Morgan fingerprint density at radius 3 is 1.65 bits per heavy atom. The van der Waals surface area contributed by atoms with E-state index in [1.807, 2.05) is 54.9 Å². The van der Waals surface area contributed by atoms with Crippen molar-refractivity contribution in [2.75, 3.05) is 6.54 Å². The van der Waals surface area contributed by atoms with Crippen LogP contribution in [0, 0.1) is 0 Å². The Morgan fingerprint density at radius 2 is 1.13 bits per heavy atom. The number of benzene rings is 5. The Kier molecular flexibility index (Phi) is 14.9. The lowest BCUT2D eigenvalue weighted by atomic mass is 9.99. The molecule has 5 aromatic carbocycles. The van der Waals surface area contributed by atoms with E-state index in [1.165, 1.54) is 29.2 Å². The highest BCUT2D eigenvalue weighted by atomic mass is 19.4. The number of carbonyl (C=O) groups excluding carboxylic acids is 1. The van der Waals surface area contributed by atoms with Crippen LogP contribution in [0.4, 0.5) is 39.5 Å². The number of carbonyl (C=O) groups is 1. The molecule has 0 aliphatic rings. The summed E-state index contributed by atoms with van der Waals surface area (Å²) >= 11 is 0. The number of fused-ring (bicyclic) bond motifs is 1. The van der Waals surface area contributed by atoms with Crippen molar-refractivity contribution in [3.63, 3.8) is 0 Å². The molecule has 0 aliphatic carbocycles. The molecule has 0 spiro atoms. The predicted molar refractivity (Wildman–Crippen MR) is 186 cm³/mol. The van der Waals surface area contributed by atoms with Gasteiger partial charge in [-0.2, -0.15) is 5.48 Å². The second-order valence-corrected chi connectivity index (χ2v) is 12.0. The zero-order valence-electron chi connectivity index (χ0n) is 29.1. The molecule has 1 amide bonds. The maximum absolute atomic E-state index is 13.3. The van der Waals surface area contributed by atoms with E-state index in [0.29, 0.717) is 17.7 Å². The molecule has 0 aromatic heterocycles. The summed E-state index contributed by atoms with van der Waals surface area (Å²) in [5, 5.41) is 5.57. The van der Waals surface area contributed by atoms with E-state index in [1.54, 1.807) is 30.3 Å². The fraction of sp³-hybridized carbons (Fsp3) is 0.256. The van der Waals surface area contributed by atoms with Gasteiger partial charge in [0.25, 0.3) is 0 Å². The van der Waals surface area contributed by atoms with Gasteiger partial charge < -0.3 is 19.7 Å². The number of ether oxygens (including phenoxy) is 2. The number of hydrogen-bond donors (Lipinski definition) is 2. The molecule has 16 heteroatoms. The molecule has 0 radical (unpaired) electrons. The van der Waals surface area contributed by atoms with Crippen LogP contribution in [0.3, 0.4) is 0 Å². The molecule has 0 heterocycles. The monoisotopic (exact) mass is 781 g/mol. The second kappa shape index (κ2) is 19.3. The van der Waals surface area contributed by atoms with Gasteiger partial charge in [0, 0.05) is 38.6 Å². The van der Waals surface area contributed by atoms with Crippen molar-refractivity contribution in [2.24, 2.45) is 0 Å². The van der Waals surface area contributed by atoms with E-state index >= 15 is 0 Å². The first kappa shape index (κ1) is 42.4. The summed E-state index contributed by atoms with van der Waals surface area (Å²) in [6.07, 6.45) is -14.2. The molecule has 5 rings (SSSR count). The Labute approximate surface area is 310 Å². The van der Waals surface area contributed by atoms with Gasteiger partial charge in [-0.3, -0.25) is 4.79 Å². The first-order valence-electron chi connectivity index (χ1n) is 16.6. The van der Waals surface area contributed by atoms with Gasteiger partial charge in [-0.1, -0.05) is 97.1 Å². The van der Waals surface area contributed by atoms with Gasteiger partial charge in [0.05, 0.1) is 0 Å². The molecule has 1 atom stereocenters. The maximum Gasteiger partial charge on any atom is 0.573 e. The van der Waals surface area contributed by atoms with Gasteiger partial charge in [0.1, 0.15) is 11.5 Å². The van der Waals surface area contributed by atoms with E-state index in [0.717, 1.165) is 46.2 Å². The van der Waals surface area contributed by atoms with Gasteiger partial charge in [-0.05, 0) is 64.2 Å². The minimum atomic E-state index is -4.83. The standard InChI is InChI=1S/C31H28F6N2O3.C8H8F3NO/c1-21(27-8-4-6-24-5-2-3-7-28(24)27)38-18-17-29(40)39(19-22-9-13-25(14-10-22)41-30(32,33)34)20-23-11-15-26(16-12-23)42-31(35,36)37;9-8(10,11)13-12-6-7-4-2-1-3-5-7/h2-16,21,38H,17-20H2,1H3;1-5,12H,6H2/t21-;/m1./s1. The number of nitrogens with zero attached hydrogens (tertiary/aromatic N) is 1. The molecular formula is C39H36F9N3O4. The summed E-state index contributed by atoms with van der Waals surface area (Å²) in [5.74, 6) is -1.04. The van der Waals surface area contributed by atoms with Gasteiger partial charge in [0.15, 0.2) is 0 Å².